The fourth-order valence-electron chi connectivity index (χ4n) is 2.03. The third kappa shape index (κ3) is 2.87. The predicted molar refractivity (Wildman–Crippen MR) is 85.8 cm³/mol. The molecule has 7 heteroatoms. The molecule has 1 N–H and O–H groups in total. The summed E-state index contributed by atoms with van der Waals surface area (Å²) in [6, 6.07) is 5.38. The Kier molecular flexibility index (Phi) is 3.82. The zero-order chi connectivity index (χ0) is 14.8. The largest absolute Gasteiger partial charge is 0.346 e. The van der Waals surface area contributed by atoms with Crippen LogP contribution in [0.2, 0.25) is 0 Å². The molecule has 0 bridgehead atoms. The molecule has 21 heavy (non-hydrogen) atoms. The van der Waals surface area contributed by atoms with Gasteiger partial charge in [-0.1, -0.05) is 0 Å². The van der Waals surface area contributed by atoms with Crippen molar-refractivity contribution in [2.75, 3.05) is 0 Å². The molecule has 0 aliphatic rings. The molecule has 0 atom stereocenters. The standard InChI is InChI=1S/C14H12IN5O/c1-9-16-5-4-10(19-9)7-18-14(21)11-3-2-6-20-12(15)8-17-13(11)20/h2-6,8H,7H2,1H3,(H,18,21). The van der Waals surface area contributed by atoms with Gasteiger partial charge in [-0.15, -0.1) is 0 Å². The van der Waals surface area contributed by atoms with Gasteiger partial charge in [0.2, 0.25) is 0 Å². The van der Waals surface area contributed by atoms with Gasteiger partial charge in [0, 0.05) is 12.4 Å². The minimum atomic E-state index is -0.168. The molecule has 0 spiro atoms. The minimum absolute atomic E-state index is 0.168. The quantitative estimate of drug-likeness (QED) is 0.691. The number of rotatable bonds is 3. The van der Waals surface area contributed by atoms with Crippen LogP contribution in [-0.2, 0) is 6.54 Å². The van der Waals surface area contributed by atoms with Gasteiger partial charge in [0.1, 0.15) is 15.2 Å². The number of carbonyl (C=O) groups excluding carboxylic acids is 1. The van der Waals surface area contributed by atoms with Gasteiger partial charge >= 0.3 is 0 Å². The van der Waals surface area contributed by atoms with Crippen LogP contribution in [0.25, 0.3) is 5.65 Å². The van der Waals surface area contributed by atoms with Crippen molar-refractivity contribution < 1.29 is 4.79 Å². The number of nitrogens with one attached hydrogen (secondary N) is 1. The summed E-state index contributed by atoms with van der Waals surface area (Å²) in [4.78, 5) is 24.9. The van der Waals surface area contributed by atoms with Crippen molar-refractivity contribution in [3.05, 3.63) is 57.6 Å². The lowest BCUT2D eigenvalue weighted by atomic mass is 10.2. The Balaban J connectivity index is 1.81. The van der Waals surface area contributed by atoms with Crippen LogP contribution in [-0.4, -0.2) is 25.3 Å². The zero-order valence-corrected chi connectivity index (χ0v) is 13.4. The maximum absolute atomic E-state index is 12.3. The molecular weight excluding hydrogens is 381 g/mol. The van der Waals surface area contributed by atoms with Crippen LogP contribution in [0.4, 0.5) is 0 Å². The molecule has 3 aromatic rings. The van der Waals surface area contributed by atoms with Crippen LogP contribution < -0.4 is 5.32 Å². The van der Waals surface area contributed by atoms with E-state index >= 15 is 0 Å². The summed E-state index contributed by atoms with van der Waals surface area (Å²) in [5.74, 6) is 0.519. The molecule has 6 nitrogen and oxygen atoms in total. The second-order valence-electron chi connectivity index (χ2n) is 4.47. The van der Waals surface area contributed by atoms with Crippen molar-refractivity contribution in [1.29, 1.82) is 0 Å². The Morgan fingerprint density at radius 3 is 3.05 bits per heavy atom. The Morgan fingerprint density at radius 2 is 2.24 bits per heavy atom. The number of aryl methyl sites for hydroxylation is 1. The van der Waals surface area contributed by atoms with Crippen molar-refractivity contribution in [3.8, 4) is 0 Å². The number of nitrogens with zero attached hydrogens (tertiary/aromatic N) is 4. The Morgan fingerprint density at radius 1 is 1.38 bits per heavy atom. The van der Waals surface area contributed by atoms with E-state index in [0.717, 1.165) is 9.39 Å². The van der Waals surface area contributed by atoms with Gasteiger partial charge in [0.05, 0.1) is 24.0 Å². The number of hydrogen-bond acceptors (Lipinski definition) is 4. The summed E-state index contributed by atoms with van der Waals surface area (Å²) in [6.45, 7) is 2.18. The second kappa shape index (κ2) is 5.76. The smallest absolute Gasteiger partial charge is 0.255 e. The molecule has 0 aliphatic carbocycles. The van der Waals surface area contributed by atoms with E-state index in [1.807, 2.05) is 23.6 Å². The second-order valence-corrected chi connectivity index (χ2v) is 5.58. The van der Waals surface area contributed by atoms with E-state index in [4.69, 9.17) is 0 Å². The summed E-state index contributed by atoms with van der Waals surface area (Å²) in [5, 5.41) is 2.86. The van der Waals surface area contributed by atoms with Gasteiger partial charge < -0.3 is 5.32 Å². The first kappa shape index (κ1) is 13.9. The highest BCUT2D eigenvalue weighted by Crippen LogP contribution is 2.13. The Hall–Kier alpha value is -2.03. The molecule has 0 unspecified atom stereocenters. The zero-order valence-electron chi connectivity index (χ0n) is 11.2. The molecule has 3 aromatic heterocycles. The topological polar surface area (TPSA) is 72.2 Å². The van der Waals surface area contributed by atoms with Gasteiger partial charge in [-0.3, -0.25) is 9.20 Å². The number of imidazole rings is 1. The minimum Gasteiger partial charge on any atom is -0.346 e. The molecule has 0 aliphatic heterocycles. The molecule has 3 heterocycles. The first-order chi connectivity index (χ1) is 10.1. The third-order valence-electron chi connectivity index (χ3n) is 3.00. The molecule has 0 radical (unpaired) electrons. The van der Waals surface area contributed by atoms with E-state index in [0.29, 0.717) is 23.6 Å². The summed E-state index contributed by atoms with van der Waals surface area (Å²) in [7, 11) is 0. The van der Waals surface area contributed by atoms with Gasteiger partial charge in [-0.25, -0.2) is 15.0 Å². The van der Waals surface area contributed by atoms with Crippen molar-refractivity contribution in [3.63, 3.8) is 0 Å². The summed E-state index contributed by atoms with van der Waals surface area (Å²) >= 11 is 2.18. The van der Waals surface area contributed by atoms with Gasteiger partial charge in [-0.2, -0.15) is 0 Å². The van der Waals surface area contributed by atoms with Gasteiger partial charge in [0.15, 0.2) is 0 Å². The molecular formula is C14H12IN5O. The van der Waals surface area contributed by atoms with Crippen LogP contribution in [0.3, 0.4) is 0 Å². The van der Waals surface area contributed by atoms with Crippen LogP contribution in [0.15, 0.2) is 36.8 Å². The maximum atomic E-state index is 12.3. The number of halogens is 1. The highest BCUT2D eigenvalue weighted by Gasteiger charge is 2.12. The maximum Gasteiger partial charge on any atom is 0.255 e. The molecule has 3 rings (SSSR count). The lowest BCUT2D eigenvalue weighted by Crippen LogP contribution is -2.24. The number of pyridine rings is 1. The molecule has 106 valence electrons. The summed E-state index contributed by atoms with van der Waals surface area (Å²) in [5.41, 5.74) is 1.98. The normalized spacial score (nSPS) is 10.8. The summed E-state index contributed by atoms with van der Waals surface area (Å²) < 4.78 is 2.84. The molecule has 0 aromatic carbocycles. The number of amides is 1. The molecule has 0 fully saturated rings. The monoisotopic (exact) mass is 393 g/mol. The number of hydrogen-bond donors (Lipinski definition) is 1. The average molecular weight is 393 g/mol. The van der Waals surface area contributed by atoms with Crippen molar-refractivity contribution in [2.45, 2.75) is 13.5 Å². The molecule has 0 saturated carbocycles. The number of aromatic nitrogens is 4. The molecule has 1 amide bonds. The van der Waals surface area contributed by atoms with Crippen LogP contribution in [0.5, 0.6) is 0 Å². The fraction of sp³-hybridized carbons (Fsp3) is 0.143. The van der Waals surface area contributed by atoms with Crippen LogP contribution >= 0.6 is 22.6 Å². The van der Waals surface area contributed by atoms with Gasteiger partial charge in [0.25, 0.3) is 5.91 Å². The van der Waals surface area contributed by atoms with Crippen LogP contribution in [0, 0.1) is 10.6 Å². The average Bonchev–Trinajstić information content (AvgIpc) is 2.87. The third-order valence-corrected chi connectivity index (χ3v) is 3.80. The van der Waals surface area contributed by atoms with Crippen molar-refractivity contribution >= 4 is 34.1 Å². The van der Waals surface area contributed by atoms with Crippen molar-refractivity contribution in [2.24, 2.45) is 0 Å². The lowest BCUT2D eigenvalue weighted by Gasteiger charge is -2.06. The van der Waals surface area contributed by atoms with E-state index < -0.39 is 0 Å². The van der Waals surface area contributed by atoms with E-state index in [-0.39, 0.29) is 5.91 Å². The first-order valence-corrected chi connectivity index (χ1v) is 7.41. The Labute approximate surface area is 134 Å². The SMILES string of the molecule is Cc1nccc(CNC(=O)c2cccn3c(I)cnc23)n1. The molecule has 0 saturated heterocycles. The van der Waals surface area contributed by atoms with E-state index in [2.05, 4.69) is 42.9 Å². The van der Waals surface area contributed by atoms with E-state index in [1.165, 1.54) is 0 Å². The van der Waals surface area contributed by atoms with Gasteiger partial charge in [-0.05, 0) is 47.7 Å². The van der Waals surface area contributed by atoms with Crippen LogP contribution in [0.1, 0.15) is 21.9 Å². The highest BCUT2D eigenvalue weighted by atomic mass is 127. The number of fused-ring (bicyclic) bond motifs is 1. The first-order valence-electron chi connectivity index (χ1n) is 6.33. The van der Waals surface area contributed by atoms with E-state index in [9.17, 15) is 4.79 Å². The number of carbonyl (C=O) groups is 1. The summed E-state index contributed by atoms with van der Waals surface area (Å²) in [6.07, 6.45) is 5.30. The van der Waals surface area contributed by atoms with Crippen molar-refractivity contribution in [1.82, 2.24) is 24.7 Å². The van der Waals surface area contributed by atoms with E-state index in [1.54, 1.807) is 24.5 Å². The lowest BCUT2D eigenvalue weighted by molar-refractivity contribution is 0.0951. The predicted octanol–water partition coefficient (Wildman–Crippen LogP) is 1.97. The Bertz CT molecular complexity index is 814. The fourth-order valence-corrected chi connectivity index (χ4v) is 2.56. The highest BCUT2D eigenvalue weighted by molar-refractivity contribution is 14.1.